The average molecular weight is 478 g/mol. The summed E-state index contributed by atoms with van der Waals surface area (Å²) in [6.45, 7) is 3.08. The summed E-state index contributed by atoms with van der Waals surface area (Å²) in [7, 11) is 5.01. The number of nitrogens with one attached hydrogen (secondary N) is 2. The van der Waals surface area contributed by atoms with Crippen LogP contribution in [-0.2, 0) is 11.3 Å². The number of methoxy groups -OCH3 is 2. The molecular formula is C27H31N3O5. The molecule has 2 N–H and O–H groups in total. The number of likely N-dealkylation sites (N-methyl/N-ethyl adjacent to an activating group) is 1. The zero-order chi connectivity index (χ0) is 25.2. The number of carbonyl (C=O) groups is 2. The molecule has 0 aliphatic rings. The van der Waals surface area contributed by atoms with Crippen LogP contribution in [0.25, 0.3) is 0 Å². The lowest BCUT2D eigenvalue weighted by molar-refractivity contribution is -0.117. The van der Waals surface area contributed by atoms with Gasteiger partial charge in [0.05, 0.1) is 38.6 Å². The van der Waals surface area contributed by atoms with Crippen LogP contribution in [0, 0.1) is 0 Å². The Balaban J connectivity index is 1.63. The van der Waals surface area contributed by atoms with Gasteiger partial charge in [0.2, 0.25) is 5.91 Å². The van der Waals surface area contributed by atoms with Gasteiger partial charge in [-0.15, -0.1) is 0 Å². The van der Waals surface area contributed by atoms with Gasteiger partial charge in [0, 0.05) is 17.8 Å². The van der Waals surface area contributed by atoms with Crippen molar-refractivity contribution in [3.63, 3.8) is 0 Å². The van der Waals surface area contributed by atoms with Crippen LogP contribution in [0.3, 0.4) is 0 Å². The second-order valence-corrected chi connectivity index (χ2v) is 7.83. The summed E-state index contributed by atoms with van der Waals surface area (Å²) in [5, 5.41) is 5.71. The minimum atomic E-state index is -0.320. The molecule has 8 nitrogen and oxygen atoms in total. The number of anilines is 2. The highest BCUT2D eigenvalue weighted by Crippen LogP contribution is 2.31. The summed E-state index contributed by atoms with van der Waals surface area (Å²) in [6.07, 6.45) is 0. The number of rotatable bonds is 11. The van der Waals surface area contributed by atoms with Crippen molar-refractivity contribution < 1.29 is 23.8 Å². The van der Waals surface area contributed by atoms with Gasteiger partial charge in [-0.1, -0.05) is 24.3 Å². The number of ether oxygens (including phenoxy) is 3. The fourth-order valence-electron chi connectivity index (χ4n) is 3.65. The number of amides is 2. The Morgan fingerprint density at radius 3 is 2.31 bits per heavy atom. The van der Waals surface area contributed by atoms with Crippen molar-refractivity contribution >= 4 is 23.2 Å². The Morgan fingerprint density at radius 1 is 0.886 bits per heavy atom. The van der Waals surface area contributed by atoms with Crippen LogP contribution >= 0.6 is 0 Å². The zero-order valence-corrected chi connectivity index (χ0v) is 20.5. The Labute approximate surface area is 205 Å². The molecule has 0 unspecified atom stereocenters. The predicted molar refractivity (Wildman–Crippen MR) is 137 cm³/mol. The van der Waals surface area contributed by atoms with Crippen molar-refractivity contribution in [3.8, 4) is 17.2 Å². The van der Waals surface area contributed by atoms with Crippen molar-refractivity contribution in [1.82, 2.24) is 4.90 Å². The highest BCUT2D eigenvalue weighted by atomic mass is 16.5. The number of para-hydroxylation sites is 2. The van der Waals surface area contributed by atoms with Crippen molar-refractivity contribution in [1.29, 1.82) is 0 Å². The van der Waals surface area contributed by atoms with E-state index in [0.29, 0.717) is 41.6 Å². The second kappa shape index (κ2) is 12.4. The minimum Gasteiger partial charge on any atom is -0.494 e. The van der Waals surface area contributed by atoms with Crippen LogP contribution < -0.4 is 24.8 Å². The summed E-state index contributed by atoms with van der Waals surface area (Å²) in [5.74, 6) is 1.44. The van der Waals surface area contributed by atoms with E-state index in [2.05, 4.69) is 10.6 Å². The fraction of sp³-hybridized carbons (Fsp3) is 0.259. The normalized spacial score (nSPS) is 10.5. The fourth-order valence-corrected chi connectivity index (χ4v) is 3.65. The molecule has 0 aromatic heterocycles. The predicted octanol–water partition coefficient (Wildman–Crippen LogP) is 4.43. The van der Waals surface area contributed by atoms with Crippen LogP contribution in [0.1, 0.15) is 22.8 Å². The van der Waals surface area contributed by atoms with Gasteiger partial charge in [0.1, 0.15) is 5.75 Å². The van der Waals surface area contributed by atoms with Crippen LogP contribution in [-0.4, -0.2) is 51.1 Å². The lowest BCUT2D eigenvalue weighted by Crippen LogP contribution is -2.30. The van der Waals surface area contributed by atoms with Crippen LogP contribution in [0.4, 0.5) is 11.4 Å². The van der Waals surface area contributed by atoms with E-state index in [4.69, 9.17) is 14.2 Å². The lowest BCUT2D eigenvalue weighted by atomic mass is 10.1. The standard InChI is InChI=1S/C27H31N3O5/c1-5-35-21-15-13-20(14-16-21)28-27(32)22-10-6-7-11-23(22)29-25(31)18-30(2)17-19-9-8-12-24(33-3)26(19)34-4/h6-16H,5,17-18H2,1-4H3,(H,28,32)(H,29,31). The van der Waals surface area contributed by atoms with Crippen molar-refractivity contribution in [2.75, 3.05) is 45.1 Å². The Hall–Kier alpha value is -4.04. The van der Waals surface area contributed by atoms with E-state index in [1.807, 2.05) is 37.1 Å². The number of hydrogen-bond acceptors (Lipinski definition) is 6. The van der Waals surface area contributed by atoms with Gasteiger partial charge in [-0.3, -0.25) is 14.5 Å². The molecule has 0 heterocycles. The Morgan fingerprint density at radius 2 is 1.63 bits per heavy atom. The molecule has 3 aromatic carbocycles. The van der Waals surface area contributed by atoms with Gasteiger partial charge in [-0.25, -0.2) is 0 Å². The van der Waals surface area contributed by atoms with Gasteiger partial charge in [-0.2, -0.15) is 0 Å². The molecule has 3 aromatic rings. The first-order valence-electron chi connectivity index (χ1n) is 11.3. The molecule has 2 amide bonds. The zero-order valence-electron chi connectivity index (χ0n) is 20.5. The van der Waals surface area contributed by atoms with E-state index >= 15 is 0 Å². The van der Waals surface area contributed by atoms with Gasteiger partial charge >= 0.3 is 0 Å². The van der Waals surface area contributed by atoms with E-state index in [0.717, 1.165) is 11.3 Å². The summed E-state index contributed by atoms with van der Waals surface area (Å²) in [4.78, 5) is 27.5. The van der Waals surface area contributed by atoms with Crippen LogP contribution in [0.5, 0.6) is 17.2 Å². The van der Waals surface area contributed by atoms with E-state index in [1.165, 1.54) is 0 Å². The molecule has 0 fully saturated rings. The smallest absolute Gasteiger partial charge is 0.257 e. The van der Waals surface area contributed by atoms with Crippen molar-refractivity contribution in [2.45, 2.75) is 13.5 Å². The third-order valence-corrected chi connectivity index (χ3v) is 5.21. The molecule has 8 heteroatoms. The summed E-state index contributed by atoms with van der Waals surface area (Å²) >= 11 is 0. The first-order valence-corrected chi connectivity index (χ1v) is 11.3. The van der Waals surface area contributed by atoms with Crippen LogP contribution in [0.2, 0.25) is 0 Å². The highest BCUT2D eigenvalue weighted by Gasteiger charge is 2.16. The van der Waals surface area contributed by atoms with Crippen molar-refractivity contribution in [3.05, 3.63) is 77.9 Å². The molecule has 0 saturated heterocycles. The first-order chi connectivity index (χ1) is 16.9. The molecule has 0 spiro atoms. The van der Waals surface area contributed by atoms with Gasteiger partial charge in [0.15, 0.2) is 11.5 Å². The average Bonchev–Trinajstić information content (AvgIpc) is 2.85. The van der Waals surface area contributed by atoms with E-state index < -0.39 is 0 Å². The van der Waals surface area contributed by atoms with Gasteiger partial charge < -0.3 is 24.8 Å². The number of carbonyl (C=O) groups excluding carboxylic acids is 2. The molecule has 184 valence electrons. The summed E-state index contributed by atoms with van der Waals surface area (Å²) in [6, 6.07) is 19.7. The highest BCUT2D eigenvalue weighted by molar-refractivity contribution is 6.10. The third kappa shape index (κ3) is 6.97. The molecule has 0 atom stereocenters. The SMILES string of the molecule is CCOc1ccc(NC(=O)c2ccccc2NC(=O)CN(C)Cc2cccc(OC)c2OC)cc1. The van der Waals surface area contributed by atoms with Crippen molar-refractivity contribution in [2.24, 2.45) is 0 Å². The minimum absolute atomic E-state index is 0.120. The Bertz CT molecular complexity index is 1150. The molecule has 0 radical (unpaired) electrons. The molecule has 35 heavy (non-hydrogen) atoms. The molecule has 3 rings (SSSR count). The molecule has 0 aliphatic carbocycles. The number of nitrogens with zero attached hydrogens (tertiary/aromatic N) is 1. The first kappa shape index (κ1) is 25.6. The number of benzene rings is 3. The monoisotopic (exact) mass is 477 g/mol. The maximum atomic E-state index is 12.9. The number of hydrogen-bond donors (Lipinski definition) is 2. The van der Waals surface area contributed by atoms with E-state index in [-0.39, 0.29) is 18.4 Å². The quantitative estimate of drug-likeness (QED) is 0.425. The largest absolute Gasteiger partial charge is 0.494 e. The maximum Gasteiger partial charge on any atom is 0.257 e. The maximum absolute atomic E-state index is 12.9. The second-order valence-electron chi connectivity index (χ2n) is 7.83. The molecule has 0 aliphatic heterocycles. The van der Waals surface area contributed by atoms with Gasteiger partial charge in [0.25, 0.3) is 5.91 Å². The molecule has 0 bridgehead atoms. The molecule has 0 saturated carbocycles. The topological polar surface area (TPSA) is 89.1 Å². The van der Waals surface area contributed by atoms with Crippen LogP contribution in [0.15, 0.2) is 66.7 Å². The molecular weight excluding hydrogens is 446 g/mol. The summed E-state index contributed by atoms with van der Waals surface area (Å²) < 4.78 is 16.3. The van der Waals surface area contributed by atoms with Gasteiger partial charge in [-0.05, 0) is 56.4 Å². The third-order valence-electron chi connectivity index (χ3n) is 5.21. The van der Waals surface area contributed by atoms with E-state index in [9.17, 15) is 9.59 Å². The Kier molecular flexibility index (Phi) is 9.09. The lowest BCUT2D eigenvalue weighted by Gasteiger charge is -2.19. The summed E-state index contributed by atoms with van der Waals surface area (Å²) in [5.41, 5.74) is 2.34. The van der Waals surface area contributed by atoms with E-state index in [1.54, 1.807) is 62.8 Å².